The normalized spacial score (nSPS) is 20.0. The number of aromatic nitrogens is 1. The fourth-order valence-electron chi connectivity index (χ4n) is 4.51. The van der Waals surface area contributed by atoms with E-state index in [2.05, 4.69) is 31.0 Å². The molecule has 2 aromatic rings. The first-order chi connectivity index (χ1) is 13.2. The Kier molecular flexibility index (Phi) is 7.43. The van der Waals surface area contributed by atoms with E-state index in [1.165, 1.54) is 50.5 Å². The molecule has 1 aliphatic carbocycles. The third-order valence-corrected chi connectivity index (χ3v) is 6.17. The standard InChI is InChI=1S/C25H34FN/c1-3-5-6-8-20-11-16-25(27-18-20)22-14-15-23(24(26)17-22)21-12-9-19(7-4-2)10-13-21/h11,14-19,21H,3-10,12-13H2,1-2H3. The van der Waals surface area contributed by atoms with Crippen LogP contribution in [0.25, 0.3) is 11.3 Å². The third-order valence-electron chi connectivity index (χ3n) is 6.17. The van der Waals surface area contributed by atoms with Crippen LogP contribution in [0.15, 0.2) is 36.5 Å². The van der Waals surface area contributed by atoms with E-state index < -0.39 is 0 Å². The number of unbranched alkanes of at least 4 members (excludes halogenated alkanes) is 2. The highest BCUT2D eigenvalue weighted by molar-refractivity contribution is 5.60. The van der Waals surface area contributed by atoms with Crippen molar-refractivity contribution in [1.29, 1.82) is 0 Å². The molecule has 146 valence electrons. The zero-order chi connectivity index (χ0) is 19.1. The van der Waals surface area contributed by atoms with Gasteiger partial charge in [0.05, 0.1) is 5.69 Å². The Hall–Kier alpha value is -1.70. The Labute approximate surface area is 164 Å². The number of aryl methyl sites for hydroxylation is 1. The van der Waals surface area contributed by atoms with E-state index in [9.17, 15) is 4.39 Å². The lowest BCUT2D eigenvalue weighted by molar-refractivity contribution is 0.304. The summed E-state index contributed by atoms with van der Waals surface area (Å²) < 4.78 is 14.8. The van der Waals surface area contributed by atoms with Gasteiger partial charge in [0.1, 0.15) is 5.82 Å². The first kappa shape index (κ1) is 20.0. The van der Waals surface area contributed by atoms with E-state index in [4.69, 9.17) is 0 Å². The first-order valence-corrected chi connectivity index (χ1v) is 11.0. The zero-order valence-corrected chi connectivity index (χ0v) is 17.0. The van der Waals surface area contributed by atoms with Crippen LogP contribution in [0.4, 0.5) is 4.39 Å². The number of rotatable bonds is 8. The number of hydrogen-bond donors (Lipinski definition) is 0. The summed E-state index contributed by atoms with van der Waals surface area (Å²) in [5.41, 5.74) is 3.93. The van der Waals surface area contributed by atoms with Crippen LogP contribution in [-0.4, -0.2) is 4.98 Å². The van der Waals surface area contributed by atoms with Gasteiger partial charge in [0, 0.05) is 11.8 Å². The minimum Gasteiger partial charge on any atom is -0.256 e. The second-order valence-corrected chi connectivity index (χ2v) is 8.25. The Morgan fingerprint density at radius 3 is 2.41 bits per heavy atom. The molecule has 0 N–H and O–H groups in total. The fraction of sp³-hybridized carbons (Fsp3) is 0.560. The lowest BCUT2D eigenvalue weighted by Gasteiger charge is -2.29. The molecule has 27 heavy (non-hydrogen) atoms. The molecule has 0 atom stereocenters. The van der Waals surface area contributed by atoms with Crippen LogP contribution in [0.5, 0.6) is 0 Å². The van der Waals surface area contributed by atoms with Crippen molar-refractivity contribution in [1.82, 2.24) is 4.98 Å². The van der Waals surface area contributed by atoms with Gasteiger partial charge in [-0.3, -0.25) is 4.98 Å². The fourth-order valence-corrected chi connectivity index (χ4v) is 4.51. The summed E-state index contributed by atoms with van der Waals surface area (Å²) in [5, 5.41) is 0. The molecule has 0 aliphatic heterocycles. The van der Waals surface area contributed by atoms with Crippen LogP contribution >= 0.6 is 0 Å². The van der Waals surface area contributed by atoms with Gasteiger partial charge in [0.2, 0.25) is 0 Å². The Morgan fingerprint density at radius 2 is 1.78 bits per heavy atom. The number of pyridine rings is 1. The van der Waals surface area contributed by atoms with Gasteiger partial charge in [0.25, 0.3) is 0 Å². The number of benzene rings is 1. The van der Waals surface area contributed by atoms with Gasteiger partial charge in [-0.05, 0) is 73.6 Å². The monoisotopic (exact) mass is 367 g/mol. The molecule has 1 aliphatic rings. The smallest absolute Gasteiger partial charge is 0.127 e. The molecule has 1 saturated carbocycles. The van der Waals surface area contributed by atoms with E-state index in [-0.39, 0.29) is 5.82 Å². The second-order valence-electron chi connectivity index (χ2n) is 8.25. The van der Waals surface area contributed by atoms with Crippen LogP contribution in [0.1, 0.15) is 88.7 Å². The van der Waals surface area contributed by atoms with E-state index in [1.807, 2.05) is 18.3 Å². The second kappa shape index (κ2) is 10.0. The Morgan fingerprint density at radius 1 is 0.963 bits per heavy atom. The lowest BCUT2D eigenvalue weighted by atomic mass is 9.77. The van der Waals surface area contributed by atoms with Crippen molar-refractivity contribution in [2.24, 2.45) is 5.92 Å². The van der Waals surface area contributed by atoms with Crippen molar-refractivity contribution in [3.05, 3.63) is 53.5 Å². The van der Waals surface area contributed by atoms with Crippen LogP contribution in [-0.2, 0) is 6.42 Å². The molecule has 0 bridgehead atoms. The molecule has 2 heteroatoms. The van der Waals surface area contributed by atoms with Crippen molar-refractivity contribution in [3.63, 3.8) is 0 Å². The van der Waals surface area contributed by atoms with Crippen molar-refractivity contribution in [3.8, 4) is 11.3 Å². The summed E-state index contributed by atoms with van der Waals surface area (Å²) >= 11 is 0. The summed E-state index contributed by atoms with van der Waals surface area (Å²) in [4.78, 5) is 4.57. The molecule has 1 aromatic carbocycles. The number of nitrogens with zero attached hydrogens (tertiary/aromatic N) is 1. The molecule has 1 aromatic heterocycles. The maximum Gasteiger partial charge on any atom is 0.127 e. The molecule has 1 fully saturated rings. The van der Waals surface area contributed by atoms with Crippen molar-refractivity contribution >= 4 is 0 Å². The molecule has 3 rings (SSSR count). The van der Waals surface area contributed by atoms with Gasteiger partial charge in [0.15, 0.2) is 0 Å². The Bertz CT molecular complexity index is 699. The minimum atomic E-state index is -0.0553. The molecule has 0 saturated heterocycles. The van der Waals surface area contributed by atoms with Crippen molar-refractivity contribution in [2.75, 3.05) is 0 Å². The predicted octanol–water partition coefficient (Wildman–Crippen LogP) is 7.69. The average Bonchev–Trinajstić information content (AvgIpc) is 2.70. The van der Waals surface area contributed by atoms with Crippen molar-refractivity contribution < 1.29 is 4.39 Å². The van der Waals surface area contributed by atoms with Crippen LogP contribution < -0.4 is 0 Å². The molecule has 1 heterocycles. The third kappa shape index (κ3) is 5.40. The van der Waals surface area contributed by atoms with Gasteiger partial charge < -0.3 is 0 Å². The SMILES string of the molecule is CCCCCc1ccc(-c2ccc(C3CCC(CCC)CC3)c(F)c2)nc1. The van der Waals surface area contributed by atoms with Gasteiger partial charge in [-0.15, -0.1) is 0 Å². The van der Waals surface area contributed by atoms with E-state index >= 15 is 0 Å². The van der Waals surface area contributed by atoms with Crippen LogP contribution in [0.2, 0.25) is 0 Å². The molecule has 0 radical (unpaired) electrons. The first-order valence-electron chi connectivity index (χ1n) is 11.0. The van der Waals surface area contributed by atoms with Crippen molar-refractivity contribution in [2.45, 2.75) is 84.0 Å². The Balaban J connectivity index is 1.64. The molecule has 0 spiro atoms. The molecular weight excluding hydrogens is 333 g/mol. The highest BCUT2D eigenvalue weighted by Crippen LogP contribution is 2.39. The molecule has 1 nitrogen and oxygen atoms in total. The topological polar surface area (TPSA) is 12.9 Å². The summed E-state index contributed by atoms with van der Waals surface area (Å²) in [6.45, 7) is 4.48. The van der Waals surface area contributed by atoms with E-state index in [1.54, 1.807) is 6.07 Å². The van der Waals surface area contributed by atoms with E-state index in [0.717, 1.165) is 42.0 Å². The van der Waals surface area contributed by atoms with Crippen LogP contribution in [0.3, 0.4) is 0 Å². The van der Waals surface area contributed by atoms with Gasteiger partial charge >= 0.3 is 0 Å². The van der Waals surface area contributed by atoms with E-state index in [0.29, 0.717) is 5.92 Å². The highest BCUT2D eigenvalue weighted by Gasteiger charge is 2.24. The number of hydrogen-bond acceptors (Lipinski definition) is 1. The van der Waals surface area contributed by atoms with Gasteiger partial charge in [-0.1, -0.05) is 57.7 Å². The molecule has 0 amide bonds. The number of halogens is 1. The quantitative estimate of drug-likeness (QED) is 0.436. The highest BCUT2D eigenvalue weighted by atomic mass is 19.1. The van der Waals surface area contributed by atoms with Gasteiger partial charge in [-0.25, -0.2) is 4.39 Å². The summed E-state index contributed by atoms with van der Waals surface area (Å²) in [7, 11) is 0. The summed E-state index contributed by atoms with van der Waals surface area (Å²) in [5.74, 6) is 1.19. The minimum absolute atomic E-state index is 0.0553. The maximum atomic E-state index is 14.8. The van der Waals surface area contributed by atoms with Crippen LogP contribution in [0, 0.1) is 11.7 Å². The lowest BCUT2D eigenvalue weighted by Crippen LogP contribution is -2.14. The molecule has 0 unspecified atom stereocenters. The largest absolute Gasteiger partial charge is 0.256 e. The average molecular weight is 368 g/mol. The van der Waals surface area contributed by atoms with Gasteiger partial charge in [-0.2, -0.15) is 0 Å². The molecular formula is C25H34FN. The predicted molar refractivity (Wildman–Crippen MR) is 112 cm³/mol. The maximum absolute atomic E-state index is 14.8. The zero-order valence-electron chi connectivity index (χ0n) is 17.0. The summed E-state index contributed by atoms with van der Waals surface area (Å²) in [6, 6.07) is 9.92. The summed E-state index contributed by atoms with van der Waals surface area (Å²) in [6.07, 6.45) is 14.1.